The maximum atomic E-state index is 10.5. The lowest BCUT2D eigenvalue weighted by molar-refractivity contribution is 0.0105. The molecule has 2 nitrogen and oxygen atoms in total. The number of hydrogen-bond donors (Lipinski definition) is 1. The molecule has 0 radical (unpaired) electrons. The number of β-amino-alcohol motifs (C(OH)–C–C–N with tert-alkyl or cyclic N) is 1. The SMILES string of the molecule is OC1(CN2CCc3ccccc3CC2)CCCC1. The van der Waals surface area contributed by atoms with Crippen LogP contribution in [0, 0.1) is 0 Å². The van der Waals surface area contributed by atoms with Gasteiger partial charge >= 0.3 is 0 Å². The van der Waals surface area contributed by atoms with Crippen molar-refractivity contribution in [2.45, 2.75) is 44.1 Å². The van der Waals surface area contributed by atoms with Crippen LogP contribution in [0.25, 0.3) is 0 Å². The summed E-state index contributed by atoms with van der Waals surface area (Å²) in [6, 6.07) is 8.78. The zero-order chi connectivity index (χ0) is 12.4. The summed E-state index contributed by atoms with van der Waals surface area (Å²) in [4.78, 5) is 2.46. The molecular weight excluding hydrogens is 222 g/mol. The minimum atomic E-state index is -0.392. The van der Waals surface area contributed by atoms with Crippen molar-refractivity contribution in [2.75, 3.05) is 19.6 Å². The van der Waals surface area contributed by atoms with Crippen molar-refractivity contribution in [3.05, 3.63) is 35.4 Å². The van der Waals surface area contributed by atoms with Gasteiger partial charge in [0, 0.05) is 19.6 Å². The van der Waals surface area contributed by atoms with E-state index in [0.717, 1.165) is 45.3 Å². The van der Waals surface area contributed by atoms with E-state index in [1.54, 1.807) is 0 Å². The molecule has 1 fully saturated rings. The molecule has 3 rings (SSSR count). The van der Waals surface area contributed by atoms with Gasteiger partial charge in [0.05, 0.1) is 5.60 Å². The monoisotopic (exact) mass is 245 g/mol. The van der Waals surface area contributed by atoms with Crippen LogP contribution >= 0.6 is 0 Å². The number of aliphatic hydroxyl groups is 1. The second-order valence-electron chi connectivity index (χ2n) is 5.98. The predicted molar refractivity (Wildman–Crippen MR) is 73.7 cm³/mol. The molecule has 0 amide bonds. The molecule has 0 atom stereocenters. The van der Waals surface area contributed by atoms with Crippen molar-refractivity contribution in [2.24, 2.45) is 0 Å². The third kappa shape index (κ3) is 2.60. The maximum Gasteiger partial charge on any atom is 0.0774 e. The first-order chi connectivity index (χ1) is 8.75. The Labute approximate surface area is 110 Å². The smallest absolute Gasteiger partial charge is 0.0774 e. The molecule has 1 heterocycles. The summed E-state index contributed by atoms with van der Waals surface area (Å²) in [5.41, 5.74) is 2.60. The van der Waals surface area contributed by atoms with Crippen LogP contribution in [0.2, 0.25) is 0 Å². The number of benzene rings is 1. The lowest BCUT2D eigenvalue weighted by Gasteiger charge is -2.30. The second-order valence-corrected chi connectivity index (χ2v) is 5.98. The average Bonchev–Trinajstić information content (AvgIpc) is 2.69. The van der Waals surface area contributed by atoms with Gasteiger partial charge in [-0.05, 0) is 36.8 Å². The number of hydrogen-bond acceptors (Lipinski definition) is 2. The van der Waals surface area contributed by atoms with E-state index >= 15 is 0 Å². The third-order valence-corrected chi connectivity index (χ3v) is 4.57. The van der Waals surface area contributed by atoms with E-state index in [2.05, 4.69) is 29.2 Å². The normalized spacial score (nSPS) is 23.6. The molecule has 1 aromatic carbocycles. The van der Waals surface area contributed by atoms with Crippen LogP contribution in [-0.2, 0) is 12.8 Å². The van der Waals surface area contributed by atoms with E-state index < -0.39 is 5.60 Å². The maximum absolute atomic E-state index is 10.5. The summed E-state index contributed by atoms with van der Waals surface area (Å²) >= 11 is 0. The van der Waals surface area contributed by atoms with Crippen molar-refractivity contribution < 1.29 is 5.11 Å². The van der Waals surface area contributed by atoms with Gasteiger partial charge in [-0.2, -0.15) is 0 Å². The van der Waals surface area contributed by atoms with Crippen LogP contribution in [0.3, 0.4) is 0 Å². The van der Waals surface area contributed by atoms with Gasteiger partial charge in [-0.1, -0.05) is 37.1 Å². The van der Waals surface area contributed by atoms with Crippen LogP contribution in [0.5, 0.6) is 0 Å². The first-order valence-electron chi connectivity index (χ1n) is 7.27. The fourth-order valence-corrected chi connectivity index (χ4v) is 3.48. The summed E-state index contributed by atoms with van der Waals surface area (Å²) in [6.45, 7) is 3.07. The molecule has 18 heavy (non-hydrogen) atoms. The van der Waals surface area contributed by atoms with E-state index in [9.17, 15) is 5.11 Å². The molecule has 0 bridgehead atoms. The fourth-order valence-electron chi connectivity index (χ4n) is 3.48. The summed E-state index contributed by atoms with van der Waals surface area (Å²) in [5, 5.41) is 10.5. The Bertz CT molecular complexity index is 382. The van der Waals surface area contributed by atoms with Crippen LogP contribution in [-0.4, -0.2) is 35.2 Å². The average molecular weight is 245 g/mol. The van der Waals surface area contributed by atoms with Gasteiger partial charge in [-0.25, -0.2) is 0 Å². The van der Waals surface area contributed by atoms with E-state index in [0.29, 0.717) is 0 Å². The van der Waals surface area contributed by atoms with Crippen molar-refractivity contribution >= 4 is 0 Å². The molecule has 2 aliphatic rings. The van der Waals surface area contributed by atoms with Gasteiger partial charge in [0.2, 0.25) is 0 Å². The highest BCUT2D eigenvalue weighted by Gasteiger charge is 2.33. The minimum Gasteiger partial charge on any atom is -0.389 e. The third-order valence-electron chi connectivity index (χ3n) is 4.57. The van der Waals surface area contributed by atoms with Gasteiger partial charge in [-0.15, -0.1) is 0 Å². The molecule has 1 aliphatic carbocycles. The number of fused-ring (bicyclic) bond motifs is 1. The standard InChI is InChI=1S/C16H23NO/c18-16(9-3-4-10-16)13-17-11-7-14-5-1-2-6-15(14)8-12-17/h1-2,5-6,18H,3-4,7-13H2. The Kier molecular flexibility index (Phi) is 3.40. The lowest BCUT2D eigenvalue weighted by Crippen LogP contribution is -2.42. The summed E-state index contributed by atoms with van der Waals surface area (Å²) in [7, 11) is 0. The van der Waals surface area contributed by atoms with Gasteiger partial charge in [0.1, 0.15) is 0 Å². The number of rotatable bonds is 2. The highest BCUT2D eigenvalue weighted by Crippen LogP contribution is 2.30. The molecule has 1 aromatic rings. The predicted octanol–water partition coefficient (Wildman–Crippen LogP) is 2.39. The molecule has 98 valence electrons. The Balaban J connectivity index is 1.64. The van der Waals surface area contributed by atoms with Crippen molar-refractivity contribution in [3.63, 3.8) is 0 Å². The summed E-state index contributed by atoms with van der Waals surface area (Å²) in [5.74, 6) is 0. The quantitative estimate of drug-likeness (QED) is 0.865. The summed E-state index contributed by atoms with van der Waals surface area (Å²) in [6.07, 6.45) is 6.65. The molecule has 1 saturated carbocycles. The highest BCUT2D eigenvalue weighted by molar-refractivity contribution is 5.28. The molecule has 1 aliphatic heterocycles. The van der Waals surface area contributed by atoms with Crippen LogP contribution in [0.15, 0.2) is 24.3 Å². The first-order valence-corrected chi connectivity index (χ1v) is 7.27. The Morgan fingerprint density at radius 1 is 1.00 bits per heavy atom. The van der Waals surface area contributed by atoms with Gasteiger partial charge in [-0.3, -0.25) is 4.90 Å². The number of nitrogens with zero attached hydrogens (tertiary/aromatic N) is 1. The highest BCUT2D eigenvalue weighted by atomic mass is 16.3. The van der Waals surface area contributed by atoms with E-state index in [4.69, 9.17) is 0 Å². The second kappa shape index (κ2) is 5.02. The van der Waals surface area contributed by atoms with Crippen LogP contribution < -0.4 is 0 Å². The minimum absolute atomic E-state index is 0.392. The van der Waals surface area contributed by atoms with Crippen molar-refractivity contribution in [3.8, 4) is 0 Å². The Morgan fingerprint density at radius 2 is 1.56 bits per heavy atom. The molecule has 0 aromatic heterocycles. The van der Waals surface area contributed by atoms with Crippen LogP contribution in [0.1, 0.15) is 36.8 Å². The van der Waals surface area contributed by atoms with Crippen molar-refractivity contribution in [1.82, 2.24) is 4.90 Å². The van der Waals surface area contributed by atoms with Crippen molar-refractivity contribution in [1.29, 1.82) is 0 Å². The van der Waals surface area contributed by atoms with E-state index in [-0.39, 0.29) is 0 Å². The fraction of sp³-hybridized carbons (Fsp3) is 0.625. The molecule has 0 unspecified atom stereocenters. The van der Waals surface area contributed by atoms with Gasteiger partial charge in [0.25, 0.3) is 0 Å². The molecule has 0 saturated heterocycles. The molecule has 0 spiro atoms. The molecular formula is C16H23NO. The molecule has 1 N–H and O–H groups in total. The largest absolute Gasteiger partial charge is 0.389 e. The van der Waals surface area contributed by atoms with E-state index in [1.807, 2.05) is 0 Å². The lowest BCUT2D eigenvalue weighted by atomic mass is 10.0. The Hall–Kier alpha value is -0.860. The zero-order valence-electron chi connectivity index (χ0n) is 11.1. The van der Waals surface area contributed by atoms with Gasteiger partial charge in [0.15, 0.2) is 0 Å². The zero-order valence-corrected chi connectivity index (χ0v) is 11.1. The topological polar surface area (TPSA) is 23.5 Å². The molecule has 2 heteroatoms. The van der Waals surface area contributed by atoms with Gasteiger partial charge < -0.3 is 5.11 Å². The first kappa shape index (κ1) is 12.2. The van der Waals surface area contributed by atoms with E-state index in [1.165, 1.54) is 24.0 Å². The van der Waals surface area contributed by atoms with Crippen LogP contribution in [0.4, 0.5) is 0 Å². The Morgan fingerprint density at radius 3 is 2.11 bits per heavy atom. The summed E-state index contributed by atoms with van der Waals surface area (Å²) < 4.78 is 0.